The fourth-order valence-corrected chi connectivity index (χ4v) is 3.00. The van der Waals surface area contributed by atoms with Gasteiger partial charge in [0.1, 0.15) is 0 Å². The minimum Gasteiger partial charge on any atom is -0.352 e. The average Bonchev–Trinajstić information content (AvgIpc) is 2.98. The van der Waals surface area contributed by atoms with Crippen molar-refractivity contribution in [2.75, 3.05) is 27.2 Å². The second kappa shape index (κ2) is 11.3. The van der Waals surface area contributed by atoms with Gasteiger partial charge in [-0.05, 0) is 24.0 Å². The molecular weight excluding hydrogens is 427 g/mol. The molecular formula is C19H31IN4O. The van der Waals surface area contributed by atoms with Gasteiger partial charge in [-0.25, -0.2) is 0 Å². The van der Waals surface area contributed by atoms with Crippen LogP contribution in [0.1, 0.15) is 43.7 Å². The zero-order valence-electron chi connectivity index (χ0n) is 15.6. The highest BCUT2D eigenvalue weighted by molar-refractivity contribution is 14.0. The van der Waals surface area contributed by atoms with Gasteiger partial charge < -0.3 is 15.1 Å². The van der Waals surface area contributed by atoms with Crippen LogP contribution in [0.4, 0.5) is 0 Å². The second-order valence-electron chi connectivity index (χ2n) is 6.41. The summed E-state index contributed by atoms with van der Waals surface area (Å²) >= 11 is 0. The number of nitrogens with one attached hydrogen (secondary N) is 1. The molecule has 0 saturated carbocycles. The molecule has 1 N–H and O–H groups in total. The van der Waals surface area contributed by atoms with E-state index in [1.54, 1.807) is 0 Å². The predicted octanol–water partition coefficient (Wildman–Crippen LogP) is 3.23. The summed E-state index contributed by atoms with van der Waals surface area (Å²) in [5, 5.41) is 3.42. The third-order valence-electron chi connectivity index (χ3n) is 4.41. The number of rotatable bonds is 7. The first-order valence-corrected chi connectivity index (χ1v) is 8.91. The van der Waals surface area contributed by atoms with E-state index in [2.05, 4.69) is 53.4 Å². The minimum absolute atomic E-state index is 0. The molecule has 2 rings (SSSR count). The third kappa shape index (κ3) is 6.84. The van der Waals surface area contributed by atoms with Crippen LogP contribution in [0, 0.1) is 0 Å². The number of likely N-dealkylation sites (tertiary alicyclic amines) is 1. The number of amides is 1. The molecule has 0 bridgehead atoms. The zero-order chi connectivity index (χ0) is 17.4. The van der Waals surface area contributed by atoms with Crippen molar-refractivity contribution in [2.45, 2.75) is 45.7 Å². The van der Waals surface area contributed by atoms with Gasteiger partial charge >= 0.3 is 0 Å². The Hall–Kier alpha value is -1.31. The summed E-state index contributed by atoms with van der Waals surface area (Å²) in [6.45, 7) is 5.55. The van der Waals surface area contributed by atoms with Crippen molar-refractivity contribution in [2.24, 2.45) is 4.99 Å². The van der Waals surface area contributed by atoms with E-state index in [4.69, 9.17) is 0 Å². The Kier molecular flexibility index (Phi) is 9.85. The summed E-state index contributed by atoms with van der Waals surface area (Å²) in [7, 11) is 3.89. The first-order chi connectivity index (χ1) is 11.6. The standard InChI is InChI=1S/C19H30N4O.HI/c1-4-5-11-22(3)19(20-2)21-14-16-8-6-9-17(13-16)15-23-12-7-10-18(23)24;/h6,8-9,13H,4-5,7,10-12,14-15H2,1-3H3,(H,20,21);1H. The smallest absolute Gasteiger partial charge is 0.222 e. The molecule has 0 unspecified atom stereocenters. The quantitative estimate of drug-likeness (QED) is 0.388. The van der Waals surface area contributed by atoms with Gasteiger partial charge in [-0.2, -0.15) is 0 Å². The van der Waals surface area contributed by atoms with Gasteiger partial charge in [0.2, 0.25) is 5.91 Å². The van der Waals surface area contributed by atoms with Crippen LogP contribution in [0.2, 0.25) is 0 Å². The topological polar surface area (TPSA) is 47.9 Å². The highest BCUT2D eigenvalue weighted by atomic mass is 127. The first kappa shape index (κ1) is 21.7. The Balaban J connectivity index is 0.00000312. The first-order valence-electron chi connectivity index (χ1n) is 8.91. The Morgan fingerprint density at radius 1 is 1.36 bits per heavy atom. The summed E-state index contributed by atoms with van der Waals surface area (Å²) in [4.78, 5) is 20.2. The lowest BCUT2D eigenvalue weighted by Gasteiger charge is -2.22. The number of hydrogen-bond donors (Lipinski definition) is 1. The van der Waals surface area contributed by atoms with Gasteiger partial charge in [0.25, 0.3) is 0 Å². The van der Waals surface area contributed by atoms with E-state index in [0.717, 1.165) is 45.0 Å². The van der Waals surface area contributed by atoms with Crippen LogP contribution in [0.25, 0.3) is 0 Å². The molecule has 1 aliphatic rings. The number of carbonyl (C=O) groups excluding carboxylic acids is 1. The normalized spacial score (nSPS) is 14.4. The molecule has 1 amide bonds. The van der Waals surface area contributed by atoms with E-state index in [-0.39, 0.29) is 29.9 Å². The number of halogens is 1. The number of benzene rings is 1. The lowest BCUT2D eigenvalue weighted by molar-refractivity contribution is -0.128. The molecule has 1 aliphatic heterocycles. The van der Waals surface area contributed by atoms with E-state index in [9.17, 15) is 4.79 Å². The molecule has 1 aromatic carbocycles. The number of carbonyl (C=O) groups is 1. The Bertz CT molecular complexity index is 576. The van der Waals surface area contributed by atoms with Crippen molar-refractivity contribution in [3.8, 4) is 0 Å². The third-order valence-corrected chi connectivity index (χ3v) is 4.41. The number of unbranched alkanes of at least 4 members (excludes halogenated alkanes) is 1. The van der Waals surface area contributed by atoms with Crippen LogP contribution in [0.15, 0.2) is 29.3 Å². The van der Waals surface area contributed by atoms with E-state index >= 15 is 0 Å². The number of hydrogen-bond acceptors (Lipinski definition) is 2. The fraction of sp³-hybridized carbons (Fsp3) is 0.579. The van der Waals surface area contributed by atoms with Crippen molar-refractivity contribution in [1.82, 2.24) is 15.1 Å². The van der Waals surface area contributed by atoms with Crippen molar-refractivity contribution in [1.29, 1.82) is 0 Å². The van der Waals surface area contributed by atoms with Gasteiger partial charge in [-0.15, -0.1) is 24.0 Å². The predicted molar refractivity (Wildman–Crippen MR) is 114 cm³/mol. The Morgan fingerprint density at radius 2 is 2.12 bits per heavy atom. The Labute approximate surface area is 168 Å². The lowest BCUT2D eigenvalue weighted by Crippen LogP contribution is -2.39. The van der Waals surface area contributed by atoms with Crippen molar-refractivity contribution < 1.29 is 4.79 Å². The van der Waals surface area contributed by atoms with Crippen molar-refractivity contribution in [3.05, 3.63) is 35.4 Å². The van der Waals surface area contributed by atoms with Crippen molar-refractivity contribution >= 4 is 35.8 Å². The molecule has 0 spiro atoms. The average molecular weight is 458 g/mol. The molecule has 140 valence electrons. The summed E-state index contributed by atoms with van der Waals surface area (Å²) < 4.78 is 0. The maximum atomic E-state index is 11.8. The molecule has 1 aromatic rings. The maximum Gasteiger partial charge on any atom is 0.222 e. The van der Waals surface area contributed by atoms with E-state index < -0.39 is 0 Å². The van der Waals surface area contributed by atoms with Gasteiger partial charge in [0.05, 0.1) is 0 Å². The highest BCUT2D eigenvalue weighted by Gasteiger charge is 2.19. The molecule has 6 heteroatoms. The summed E-state index contributed by atoms with van der Waals surface area (Å²) in [5.74, 6) is 1.19. The van der Waals surface area contributed by atoms with E-state index in [0.29, 0.717) is 6.42 Å². The maximum absolute atomic E-state index is 11.8. The molecule has 0 aliphatic carbocycles. The van der Waals surface area contributed by atoms with Crippen LogP contribution in [0.5, 0.6) is 0 Å². The molecule has 5 nitrogen and oxygen atoms in total. The SMILES string of the molecule is CCCCN(C)C(=NC)NCc1cccc(CN2CCCC2=O)c1.I. The summed E-state index contributed by atoms with van der Waals surface area (Å²) in [6, 6.07) is 8.45. The van der Waals surface area contributed by atoms with Crippen LogP contribution in [-0.2, 0) is 17.9 Å². The van der Waals surface area contributed by atoms with E-state index in [1.165, 1.54) is 17.5 Å². The zero-order valence-corrected chi connectivity index (χ0v) is 18.0. The summed E-state index contributed by atoms with van der Waals surface area (Å²) in [6.07, 6.45) is 4.03. The summed E-state index contributed by atoms with van der Waals surface area (Å²) in [5.41, 5.74) is 2.41. The van der Waals surface area contributed by atoms with Gasteiger partial charge in [-0.1, -0.05) is 37.6 Å². The number of aliphatic imine (C=N–C) groups is 1. The van der Waals surface area contributed by atoms with Gasteiger partial charge in [-0.3, -0.25) is 9.79 Å². The molecule has 0 atom stereocenters. The number of guanidine groups is 1. The molecule has 1 saturated heterocycles. The van der Waals surface area contributed by atoms with E-state index in [1.807, 2.05) is 11.9 Å². The minimum atomic E-state index is 0. The molecule has 0 radical (unpaired) electrons. The largest absolute Gasteiger partial charge is 0.352 e. The van der Waals surface area contributed by atoms with Crippen LogP contribution in [0.3, 0.4) is 0 Å². The monoisotopic (exact) mass is 458 g/mol. The number of nitrogens with zero attached hydrogens (tertiary/aromatic N) is 3. The van der Waals surface area contributed by atoms with Crippen molar-refractivity contribution in [3.63, 3.8) is 0 Å². The lowest BCUT2D eigenvalue weighted by atomic mass is 10.1. The molecule has 25 heavy (non-hydrogen) atoms. The van der Waals surface area contributed by atoms with Crippen LogP contribution < -0.4 is 5.32 Å². The molecule has 1 heterocycles. The van der Waals surface area contributed by atoms with Gasteiger partial charge in [0, 0.05) is 46.7 Å². The second-order valence-corrected chi connectivity index (χ2v) is 6.41. The Morgan fingerprint density at radius 3 is 2.76 bits per heavy atom. The van der Waals surface area contributed by atoms with Crippen LogP contribution >= 0.6 is 24.0 Å². The van der Waals surface area contributed by atoms with Gasteiger partial charge in [0.15, 0.2) is 5.96 Å². The van der Waals surface area contributed by atoms with Crippen LogP contribution in [-0.4, -0.2) is 48.9 Å². The fourth-order valence-electron chi connectivity index (χ4n) is 3.00. The molecule has 1 fully saturated rings. The highest BCUT2D eigenvalue weighted by Crippen LogP contribution is 2.15. The molecule has 0 aromatic heterocycles.